The van der Waals surface area contributed by atoms with Crippen LogP contribution < -0.4 is 0 Å². The van der Waals surface area contributed by atoms with E-state index in [1.165, 1.54) is 41.7 Å². The lowest BCUT2D eigenvalue weighted by molar-refractivity contribution is 0.104. The lowest BCUT2D eigenvalue weighted by atomic mass is 10.0. The molecule has 1 fully saturated rings. The number of piperidine rings is 1. The summed E-state index contributed by atoms with van der Waals surface area (Å²) in [6, 6.07) is 15.6. The number of hydrogen-bond acceptors (Lipinski definition) is 2. The summed E-state index contributed by atoms with van der Waals surface area (Å²) in [5.41, 5.74) is 5.84. The smallest absolute Gasteiger partial charge is 0.185 e. The highest BCUT2D eigenvalue weighted by Crippen LogP contribution is 2.36. The lowest BCUT2D eigenvalue weighted by Gasteiger charge is -2.30. The number of hydrogen-bond donors (Lipinski definition) is 0. The molecule has 2 nitrogen and oxygen atoms in total. The first-order valence-corrected chi connectivity index (χ1v) is 9.64. The Labute approximate surface area is 159 Å². The van der Waals surface area contributed by atoms with E-state index in [9.17, 15) is 4.79 Å². The van der Waals surface area contributed by atoms with Gasteiger partial charge in [-0.25, -0.2) is 0 Å². The van der Waals surface area contributed by atoms with Crippen molar-refractivity contribution in [3.8, 4) is 0 Å². The molecular formula is C23H22ClNO. The number of fused-ring (bicyclic) bond motifs is 1. The first-order valence-electron chi connectivity index (χ1n) is 9.27. The first kappa shape index (κ1) is 17.1. The fourth-order valence-electron chi connectivity index (χ4n) is 3.87. The van der Waals surface area contributed by atoms with Crippen LogP contribution in [-0.2, 0) is 6.42 Å². The van der Waals surface area contributed by atoms with Gasteiger partial charge in [0.2, 0.25) is 0 Å². The van der Waals surface area contributed by atoms with Crippen LogP contribution in [0, 0.1) is 0 Å². The largest absolute Gasteiger partial charge is 0.374 e. The normalized spacial score (nSPS) is 17.0. The number of nitrogens with zero attached hydrogens (tertiary/aromatic N) is 1. The first-order chi connectivity index (χ1) is 12.7. The van der Waals surface area contributed by atoms with Gasteiger partial charge in [-0.15, -0.1) is 0 Å². The van der Waals surface area contributed by atoms with Crippen LogP contribution >= 0.6 is 11.6 Å². The molecule has 4 rings (SSSR count). The van der Waals surface area contributed by atoms with E-state index in [1.54, 1.807) is 30.3 Å². The quantitative estimate of drug-likeness (QED) is 0.525. The summed E-state index contributed by atoms with van der Waals surface area (Å²) in [5, 5.41) is 0.644. The number of halogens is 1. The van der Waals surface area contributed by atoms with E-state index in [1.807, 2.05) is 6.08 Å². The van der Waals surface area contributed by atoms with Gasteiger partial charge in [-0.05, 0) is 66.8 Å². The zero-order valence-corrected chi connectivity index (χ0v) is 15.5. The topological polar surface area (TPSA) is 20.3 Å². The average Bonchev–Trinajstić information content (AvgIpc) is 3.06. The molecule has 0 atom stereocenters. The van der Waals surface area contributed by atoms with Gasteiger partial charge in [0.25, 0.3) is 0 Å². The predicted molar refractivity (Wildman–Crippen MR) is 107 cm³/mol. The van der Waals surface area contributed by atoms with Crippen LogP contribution in [0.3, 0.4) is 0 Å². The molecule has 1 aliphatic heterocycles. The van der Waals surface area contributed by atoms with Gasteiger partial charge in [0.15, 0.2) is 5.78 Å². The summed E-state index contributed by atoms with van der Waals surface area (Å²) in [6.45, 7) is 2.23. The molecule has 0 N–H and O–H groups in total. The van der Waals surface area contributed by atoms with E-state index in [0.29, 0.717) is 10.6 Å². The van der Waals surface area contributed by atoms with Crippen molar-refractivity contribution in [3.63, 3.8) is 0 Å². The second kappa shape index (κ2) is 7.51. The third kappa shape index (κ3) is 3.47. The average molecular weight is 364 g/mol. The Hall–Kier alpha value is -2.32. The number of allylic oxidation sites excluding steroid dienone is 4. The summed E-state index contributed by atoms with van der Waals surface area (Å²) in [7, 11) is 0. The Bertz CT molecular complexity index is 873. The van der Waals surface area contributed by atoms with Gasteiger partial charge >= 0.3 is 0 Å². The van der Waals surface area contributed by atoms with Crippen LogP contribution in [-0.4, -0.2) is 23.8 Å². The third-order valence-electron chi connectivity index (χ3n) is 5.24. The maximum atomic E-state index is 12.5. The molecule has 2 aromatic carbocycles. The van der Waals surface area contributed by atoms with Crippen molar-refractivity contribution >= 4 is 23.0 Å². The van der Waals surface area contributed by atoms with E-state index in [2.05, 4.69) is 29.2 Å². The zero-order valence-electron chi connectivity index (χ0n) is 14.7. The summed E-state index contributed by atoms with van der Waals surface area (Å²) in [4.78, 5) is 15.1. The van der Waals surface area contributed by atoms with E-state index in [0.717, 1.165) is 19.5 Å². The van der Waals surface area contributed by atoms with Crippen LogP contribution in [0.25, 0.3) is 5.57 Å². The molecule has 1 heterocycles. The zero-order chi connectivity index (χ0) is 17.9. The molecule has 0 bridgehead atoms. The predicted octanol–water partition coefficient (Wildman–Crippen LogP) is 5.53. The second-order valence-electron chi connectivity index (χ2n) is 6.95. The molecule has 2 aliphatic rings. The molecule has 0 aromatic heterocycles. The fraction of sp³-hybridized carbons (Fsp3) is 0.261. The Morgan fingerprint density at radius 2 is 1.69 bits per heavy atom. The van der Waals surface area contributed by atoms with Crippen LogP contribution in [0.5, 0.6) is 0 Å². The number of ketones is 1. The standard InChI is InChI=1S/C23H22ClNO/c24-19-10-8-17(9-11-19)23(26)13-12-21-20-7-3-2-6-18(20)16-22(21)25-14-4-1-5-15-25/h2-3,6-13H,1,4-5,14-16H2. The van der Waals surface area contributed by atoms with Crippen molar-refractivity contribution in [3.05, 3.63) is 88.1 Å². The minimum Gasteiger partial charge on any atom is -0.374 e. The van der Waals surface area contributed by atoms with E-state index < -0.39 is 0 Å². The third-order valence-corrected chi connectivity index (χ3v) is 5.50. The van der Waals surface area contributed by atoms with E-state index in [4.69, 9.17) is 11.6 Å². The van der Waals surface area contributed by atoms with Crippen molar-refractivity contribution in [2.75, 3.05) is 13.1 Å². The van der Waals surface area contributed by atoms with E-state index in [-0.39, 0.29) is 5.78 Å². The summed E-state index contributed by atoms with van der Waals surface area (Å²) >= 11 is 5.92. The number of likely N-dealkylation sites (tertiary alicyclic amines) is 1. The highest BCUT2D eigenvalue weighted by Gasteiger charge is 2.24. The molecule has 0 saturated carbocycles. The Kier molecular flexibility index (Phi) is 4.94. The van der Waals surface area contributed by atoms with Gasteiger partial charge in [-0.1, -0.05) is 35.9 Å². The molecule has 0 unspecified atom stereocenters. The van der Waals surface area contributed by atoms with Gasteiger partial charge in [0.1, 0.15) is 0 Å². The second-order valence-corrected chi connectivity index (χ2v) is 7.38. The number of rotatable bonds is 4. The molecule has 2 aromatic rings. The molecule has 3 heteroatoms. The molecule has 1 saturated heterocycles. The number of carbonyl (C=O) groups excluding carboxylic acids is 1. The molecule has 26 heavy (non-hydrogen) atoms. The van der Waals surface area contributed by atoms with Crippen molar-refractivity contribution in [1.29, 1.82) is 0 Å². The highest BCUT2D eigenvalue weighted by molar-refractivity contribution is 6.30. The Morgan fingerprint density at radius 3 is 2.46 bits per heavy atom. The summed E-state index contributed by atoms with van der Waals surface area (Å²) in [5.74, 6) is 0.0107. The molecule has 0 radical (unpaired) electrons. The highest BCUT2D eigenvalue weighted by atomic mass is 35.5. The van der Waals surface area contributed by atoms with Gasteiger partial charge < -0.3 is 4.90 Å². The van der Waals surface area contributed by atoms with Crippen molar-refractivity contribution in [1.82, 2.24) is 4.90 Å². The molecule has 132 valence electrons. The van der Waals surface area contributed by atoms with Crippen molar-refractivity contribution < 1.29 is 4.79 Å². The molecule has 0 amide bonds. The molecule has 0 spiro atoms. The SMILES string of the molecule is O=C(C=CC1=C(N2CCCCC2)Cc2ccccc21)c1ccc(Cl)cc1. The van der Waals surface area contributed by atoms with Crippen LogP contribution in [0.4, 0.5) is 0 Å². The maximum absolute atomic E-state index is 12.5. The Morgan fingerprint density at radius 1 is 0.962 bits per heavy atom. The minimum atomic E-state index is 0.0107. The number of carbonyl (C=O) groups is 1. The van der Waals surface area contributed by atoms with Crippen LogP contribution in [0.2, 0.25) is 5.02 Å². The van der Waals surface area contributed by atoms with Crippen LogP contribution in [0.15, 0.2) is 66.4 Å². The molecular weight excluding hydrogens is 342 g/mol. The summed E-state index contributed by atoms with van der Waals surface area (Å²) in [6.07, 6.45) is 8.49. The van der Waals surface area contributed by atoms with Gasteiger partial charge in [0.05, 0.1) is 0 Å². The van der Waals surface area contributed by atoms with Gasteiger partial charge in [-0.3, -0.25) is 4.79 Å². The Balaban J connectivity index is 1.65. The molecule has 1 aliphatic carbocycles. The van der Waals surface area contributed by atoms with E-state index >= 15 is 0 Å². The van der Waals surface area contributed by atoms with Crippen LogP contribution in [0.1, 0.15) is 40.7 Å². The number of benzene rings is 2. The monoisotopic (exact) mass is 363 g/mol. The maximum Gasteiger partial charge on any atom is 0.185 e. The summed E-state index contributed by atoms with van der Waals surface area (Å²) < 4.78 is 0. The minimum absolute atomic E-state index is 0.0107. The van der Waals surface area contributed by atoms with Gasteiger partial charge in [0, 0.05) is 41.4 Å². The van der Waals surface area contributed by atoms with Crippen molar-refractivity contribution in [2.24, 2.45) is 0 Å². The fourth-order valence-corrected chi connectivity index (χ4v) is 4.00. The van der Waals surface area contributed by atoms with Gasteiger partial charge in [-0.2, -0.15) is 0 Å². The lowest BCUT2D eigenvalue weighted by Crippen LogP contribution is -2.29. The van der Waals surface area contributed by atoms with Crippen molar-refractivity contribution in [2.45, 2.75) is 25.7 Å².